The van der Waals surface area contributed by atoms with Crippen LogP contribution in [0.3, 0.4) is 0 Å². The number of aryl methyl sites for hydroxylation is 1. The molecular formula is C17H15NO3S. The number of rotatable bonds is 2. The molecule has 4 nitrogen and oxygen atoms in total. The van der Waals surface area contributed by atoms with Gasteiger partial charge in [0.05, 0.1) is 15.5 Å². The number of phenolic OH excluding ortho intramolecular Hbond substituents is 1. The van der Waals surface area contributed by atoms with Crippen molar-refractivity contribution in [3.63, 3.8) is 0 Å². The van der Waals surface area contributed by atoms with Crippen molar-refractivity contribution in [2.45, 2.75) is 16.7 Å². The topological polar surface area (TPSA) is 80.4 Å². The Morgan fingerprint density at radius 1 is 0.955 bits per heavy atom. The Kier molecular flexibility index (Phi) is 3.30. The highest BCUT2D eigenvalue weighted by atomic mass is 32.2. The summed E-state index contributed by atoms with van der Waals surface area (Å²) in [7, 11) is -3.74. The number of hydrogen-bond acceptors (Lipinski definition) is 4. The lowest BCUT2D eigenvalue weighted by Crippen LogP contribution is -2.04. The summed E-state index contributed by atoms with van der Waals surface area (Å²) < 4.78 is 25.7. The van der Waals surface area contributed by atoms with E-state index in [2.05, 4.69) is 0 Å². The summed E-state index contributed by atoms with van der Waals surface area (Å²) in [4.78, 5) is 0.242. The van der Waals surface area contributed by atoms with Gasteiger partial charge in [0.15, 0.2) is 0 Å². The molecular weight excluding hydrogens is 298 g/mol. The van der Waals surface area contributed by atoms with E-state index in [4.69, 9.17) is 5.73 Å². The monoisotopic (exact) mass is 313 g/mol. The Bertz CT molecular complexity index is 961. The molecule has 3 rings (SSSR count). The third-order valence-electron chi connectivity index (χ3n) is 3.65. The van der Waals surface area contributed by atoms with Gasteiger partial charge < -0.3 is 10.8 Å². The SMILES string of the molecule is Cc1ccc(S(=O)(=O)c2cc(O)c(N)c3ccccc23)cc1. The second-order valence-electron chi connectivity index (χ2n) is 5.17. The van der Waals surface area contributed by atoms with Crippen molar-refractivity contribution in [1.82, 2.24) is 0 Å². The van der Waals surface area contributed by atoms with Gasteiger partial charge in [0.2, 0.25) is 9.84 Å². The predicted molar refractivity (Wildman–Crippen MR) is 86.7 cm³/mol. The minimum atomic E-state index is -3.74. The maximum atomic E-state index is 12.9. The van der Waals surface area contributed by atoms with Crippen molar-refractivity contribution >= 4 is 26.3 Å². The highest BCUT2D eigenvalue weighted by Gasteiger charge is 2.22. The molecule has 3 N–H and O–H groups in total. The second-order valence-corrected chi connectivity index (χ2v) is 7.09. The van der Waals surface area contributed by atoms with E-state index >= 15 is 0 Å². The number of nitrogens with two attached hydrogens (primary N) is 1. The molecule has 0 aliphatic heterocycles. The lowest BCUT2D eigenvalue weighted by Gasteiger charge is -2.12. The molecule has 0 spiro atoms. The summed E-state index contributed by atoms with van der Waals surface area (Å²) in [5.41, 5.74) is 7.00. The average Bonchev–Trinajstić information content (AvgIpc) is 2.51. The molecule has 0 aliphatic rings. The van der Waals surface area contributed by atoms with Crippen LogP contribution in [0.25, 0.3) is 10.8 Å². The van der Waals surface area contributed by atoms with Crippen LogP contribution in [0.2, 0.25) is 0 Å². The van der Waals surface area contributed by atoms with Crippen LogP contribution in [0.4, 0.5) is 5.69 Å². The maximum Gasteiger partial charge on any atom is 0.207 e. The second kappa shape index (κ2) is 5.03. The van der Waals surface area contributed by atoms with Crippen molar-refractivity contribution in [3.05, 3.63) is 60.2 Å². The minimum absolute atomic E-state index is 0.0543. The Balaban J connectivity index is 2.34. The fourth-order valence-corrected chi connectivity index (χ4v) is 3.90. The van der Waals surface area contributed by atoms with Gasteiger partial charge in [0.1, 0.15) is 5.75 Å². The van der Waals surface area contributed by atoms with Gasteiger partial charge in [-0.3, -0.25) is 0 Å². The molecule has 0 heterocycles. The van der Waals surface area contributed by atoms with Gasteiger partial charge in [-0.2, -0.15) is 0 Å². The van der Waals surface area contributed by atoms with Gasteiger partial charge >= 0.3 is 0 Å². The van der Waals surface area contributed by atoms with Crippen molar-refractivity contribution in [2.24, 2.45) is 0 Å². The molecule has 0 fully saturated rings. The number of sulfone groups is 1. The first-order valence-corrected chi connectivity index (χ1v) is 8.21. The normalized spacial score (nSPS) is 11.7. The largest absolute Gasteiger partial charge is 0.506 e. The third kappa shape index (κ3) is 2.19. The molecule has 22 heavy (non-hydrogen) atoms. The van der Waals surface area contributed by atoms with Crippen LogP contribution < -0.4 is 5.73 Å². The highest BCUT2D eigenvalue weighted by Crippen LogP contribution is 2.37. The lowest BCUT2D eigenvalue weighted by molar-refractivity contribution is 0.477. The molecule has 112 valence electrons. The number of nitrogen functional groups attached to an aromatic ring is 1. The Hall–Kier alpha value is -2.53. The smallest absolute Gasteiger partial charge is 0.207 e. The number of aromatic hydroxyl groups is 1. The van der Waals surface area contributed by atoms with E-state index in [1.165, 1.54) is 6.07 Å². The molecule has 0 atom stereocenters. The Morgan fingerprint density at radius 3 is 2.18 bits per heavy atom. The fourth-order valence-electron chi connectivity index (χ4n) is 2.42. The van der Waals surface area contributed by atoms with E-state index in [1.807, 2.05) is 6.92 Å². The molecule has 3 aromatic rings. The zero-order valence-electron chi connectivity index (χ0n) is 11.9. The van der Waals surface area contributed by atoms with Gasteiger partial charge in [0.25, 0.3) is 0 Å². The van der Waals surface area contributed by atoms with E-state index in [0.717, 1.165) is 5.56 Å². The Morgan fingerprint density at radius 2 is 1.55 bits per heavy atom. The zero-order valence-corrected chi connectivity index (χ0v) is 12.8. The summed E-state index contributed by atoms with van der Waals surface area (Å²) in [6.45, 7) is 1.89. The summed E-state index contributed by atoms with van der Waals surface area (Å²) in [5, 5.41) is 11.0. The zero-order chi connectivity index (χ0) is 15.9. The van der Waals surface area contributed by atoms with Gasteiger partial charge in [0, 0.05) is 16.8 Å². The standard InChI is InChI=1S/C17H15NO3S/c1-11-6-8-12(9-7-11)22(20,21)16-10-15(19)17(18)14-5-3-2-4-13(14)16/h2-10,19H,18H2,1H3. The first-order valence-electron chi connectivity index (χ1n) is 6.73. The van der Waals surface area contributed by atoms with E-state index in [1.54, 1.807) is 48.5 Å². The number of hydrogen-bond donors (Lipinski definition) is 2. The molecule has 0 aromatic heterocycles. The van der Waals surface area contributed by atoms with Crippen molar-refractivity contribution in [3.8, 4) is 5.75 Å². The van der Waals surface area contributed by atoms with Crippen LogP contribution in [0.5, 0.6) is 5.75 Å². The molecule has 0 saturated heterocycles. The maximum absolute atomic E-state index is 12.9. The Labute approximate surface area is 128 Å². The lowest BCUT2D eigenvalue weighted by atomic mass is 10.1. The van der Waals surface area contributed by atoms with Gasteiger partial charge in [-0.25, -0.2) is 8.42 Å². The van der Waals surface area contributed by atoms with Crippen molar-refractivity contribution in [2.75, 3.05) is 5.73 Å². The first-order chi connectivity index (χ1) is 10.4. The molecule has 0 amide bonds. The molecule has 0 radical (unpaired) electrons. The molecule has 0 bridgehead atoms. The predicted octanol–water partition coefficient (Wildman–Crippen LogP) is 3.27. The molecule has 0 unspecified atom stereocenters. The van der Waals surface area contributed by atoms with E-state index in [0.29, 0.717) is 10.8 Å². The van der Waals surface area contributed by atoms with E-state index in [9.17, 15) is 13.5 Å². The number of phenols is 1. The molecule has 0 aliphatic carbocycles. The van der Waals surface area contributed by atoms with Gasteiger partial charge in [-0.05, 0) is 19.1 Å². The van der Waals surface area contributed by atoms with Gasteiger partial charge in [-0.15, -0.1) is 0 Å². The quantitative estimate of drug-likeness (QED) is 0.562. The minimum Gasteiger partial charge on any atom is -0.506 e. The van der Waals surface area contributed by atoms with Crippen molar-refractivity contribution in [1.29, 1.82) is 0 Å². The average molecular weight is 313 g/mol. The van der Waals surface area contributed by atoms with Crippen LogP contribution in [0.15, 0.2) is 64.4 Å². The summed E-state index contributed by atoms with van der Waals surface area (Å²) in [6.07, 6.45) is 0. The molecule has 5 heteroatoms. The third-order valence-corrected chi connectivity index (χ3v) is 5.46. The number of anilines is 1. The van der Waals surface area contributed by atoms with Crippen molar-refractivity contribution < 1.29 is 13.5 Å². The van der Waals surface area contributed by atoms with Crippen LogP contribution in [0.1, 0.15) is 5.56 Å². The molecule has 3 aromatic carbocycles. The van der Waals surface area contributed by atoms with E-state index in [-0.39, 0.29) is 21.2 Å². The summed E-state index contributed by atoms with van der Waals surface area (Å²) in [6, 6.07) is 14.7. The highest BCUT2D eigenvalue weighted by molar-refractivity contribution is 7.91. The van der Waals surface area contributed by atoms with Gasteiger partial charge in [-0.1, -0.05) is 42.0 Å². The van der Waals surface area contributed by atoms with Crippen LogP contribution >= 0.6 is 0 Å². The van der Waals surface area contributed by atoms with E-state index < -0.39 is 9.84 Å². The summed E-state index contributed by atoms with van der Waals surface area (Å²) in [5.74, 6) is -0.232. The van der Waals surface area contributed by atoms with Crippen LogP contribution in [-0.2, 0) is 9.84 Å². The number of benzene rings is 3. The first kappa shape index (κ1) is 14.4. The number of fused-ring (bicyclic) bond motifs is 1. The fraction of sp³-hybridized carbons (Fsp3) is 0.0588. The van der Waals surface area contributed by atoms with Crippen LogP contribution in [0, 0.1) is 6.92 Å². The molecule has 0 saturated carbocycles. The van der Waals surface area contributed by atoms with Crippen LogP contribution in [-0.4, -0.2) is 13.5 Å². The summed E-state index contributed by atoms with van der Waals surface area (Å²) >= 11 is 0.